The second-order valence-corrected chi connectivity index (χ2v) is 8.34. The number of amides is 1. The molecule has 0 atom stereocenters. The van der Waals surface area contributed by atoms with Gasteiger partial charge < -0.3 is 10.6 Å². The fourth-order valence-corrected chi connectivity index (χ4v) is 5.60. The summed E-state index contributed by atoms with van der Waals surface area (Å²) < 4.78 is 0.986. The summed E-state index contributed by atoms with van der Waals surface area (Å²) >= 11 is 16.0. The minimum absolute atomic E-state index is 0.0232. The van der Waals surface area contributed by atoms with Crippen LogP contribution in [0.1, 0.15) is 10.4 Å². The molecule has 1 amide bonds. The molecule has 0 unspecified atom stereocenters. The lowest BCUT2D eigenvalue weighted by Gasteiger charge is -2.26. The van der Waals surface area contributed by atoms with Gasteiger partial charge in [-0.15, -0.1) is 22.7 Å². The maximum absolute atomic E-state index is 11.9. The number of hydrogen-bond donors (Lipinski definition) is 1. The lowest BCUT2D eigenvalue weighted by atomic mass is 9.99. The molecule has 2 aromatic heterocycles. The van der Waals surface area contributed by atoms with E-state index in [0.29, 0.717) is 23.1 Å². The Hall–Kier alpha value is -1.18. The van der Waals surface area contributed by atoms with Gasteiger partial charge in [0.15, 0.2) is 0 Å². The molecule has 124 valence electrons. The average molecular weight is 398 g/mol. The Bertz CT molecular complexity index is 937. The maximum atomic E-state index is 11.9. The van der Waals surface area contributed by atoms with Crippen LogP contribution in [0.5, 0.6) is 0 Å². The minimum Gasteiger partial charge on any atom is -0.336 e. The van der Waals surface area contributed by atoms with Crippen LogP contribution in [-0.4, -0.2) is 28.9 Å². The molecule has 3 aromatic rings. The van der Waals surface area contributed by atoms with Crippen molar-refractivity contribution in [1.82, 2.24) is 9.88 Å². The highest BCUT2D eigenvalue weighted by Gasteiger charge is 2.27. The first-order chi connectivity index (χ1) is 11.6. The van der Waals surface area contributed by atoms with Crippen molar-refractivity contribution >= 4 is 61.9 Å². The van der Waals surface area contributed by atoms with Gasteiger partial charge in [0.25, 0.3) is 0 Å². The third-order valence-corrected chi connectivity index (χ3v) is 7.17. The van der Waals surface area contributed by atoms with Gasteiger partial charge in [0.05, 0.1) is 38.2 Å². The highest BCUT2D eigenvalue weighted by atomic mass is 35.5. The van der Waals surface area contributed by atoms with E-state index < -0.39 is 0 Å². The molecule has 0 spiro atoms. The number of fused-ring (bicyclic) bond motifs is 3. The Morgan fingerprint density at radius 3 is 2.96 bits per heavy atom. The lowest BCUT2D eigenvalue weighted by Crippen LogP contribution is -2.39. The van der Waals surface area contributed by atoms with Crippen LogP contribution in [-0.2, 0) is 17.8 Å². The monoisotopic (exact) mass is 397 g/mol. The van der Waals surface area contributed by atoms with Crippen LogP contribution in [0.25, 0.3) is 20.5 Å². The molecule has 1 aliphatic heterocycles. The van der Waals surface area contributed by atoms with Gasteiger partial charge >= 0.3 is 0 Å². The fraction of sp³-hybridized carbons (Fsp3) is 0.250. The van der Waals surface area contributed by atoms with Gasteiger partial charge in [0.2, 0.25) is 5.91 Å². The van der Waals surface area contributed by atoms with E-state index in [1.807, 2.05) is 17.8 Å². The van der Waals surface area contributed by atoms with Crippen molar-refractivity contribution in [3.05, 3.63) is 38.3 Å². The van der Waals surface area contributed by atoms with Crippen LogP contribution in [0.3, 0.4) is 0 Å². The van der Waals surface area contributed by atoms with Crippen LogP contribution >= 0.6 is 45.9 Å². The Kier molecular flexibility index (Phi) is 4.26. The van der Waals surface area contributed by atoms with Gasteiger partial charge in [-0.05, 0) is 18.1 Å². The topological polar surface area (TPSA) is 59.2 Å². The van der Waals surface area contributed by atoms with E-state index in [1.54, 1.807) is 27.6 Å². The van der Waals surface area contributed by atoms with E-state index in [4.69, 9.17) is 28.9 Å². The van der Waals surface area contributed by atoms with Crippen molar-refractivity contribution in [3.63, 3.8) is 0 Å². The quantitative estimate of drug-likeness (QED) is 0.705. The number of hydrogen-bond acceptors (Lipinski definition) is 5. The first-order valence-corrected chi connectivity index (χ1v) is 9.84. The van der Waals surface area contributed by atoms with Gasteiger partial charge in [-0.2, -0.15) is 0 Å². The molecule has 0 saturated carbocycles. The van der Waals surface area contributed by atoms with Crippen molar-refractivity contribution in [3.8, 4) is 10.4 Å². The molecular formula is C16H13Cl2N3OS2. The van der Waals surface area contributed by atoms with Crippen LogP contribution in [0.15, 0.2) is 17.8 Å². The van der Waals surface area contributed by atoms with E-state index in [1.165, 1.54) is 5.56 Å². The lowest BCUT2D eigenvalue weighted by molar-refractivity contribution is -0.130. The van der Waals surface area contributed by atoms with Gasteiger partial charge in [0.1, 0.15) is 0 Å². The summed E-state index contributed by atoms with van der Waals surface area (Å²) in [5.41, 5.74) is 9.64. The Morgan fingerprint density at radius 1 is 1.42 bits per heavy atom. The minimum atomic E-state index is -0.0232. The summed E-state index contributed by atoms with van der Waals surface area (Å²) in [6.07, 6.45) is 2.64. The van der Waals surface area contributed by atoms with Crippen molar-refractivity contribution in [2.45, 2.75) is 13.0 Å². The second-order valence-electron chi connectivity index (χ2n) is 5.56. The Labute approximate surface area is 156 Å². The number of nitrogens with two attached hydrogens (primary N) is 1. The number of aromatic nitrogens is 1. The van der Waals surface area contributed by atoms with Crippen LogP contribution < -0.4 is 5.73 Å². The highest BCUT2D eigenvalue weighted by molar-refractivity contribution is 7.20. The molecule has 8 heteroatoms. The van der Waals surface area contributed by atoms with E-state index in [-0.39, 0.29) is 12.5 Å². The summed E-state index contributed by atoms with van der Waals surface area (Å²) in [5, 5.41) is 2.27. The Balaban J connectivity index is 1.93. The predicted octanol–water partition coefficient (Wildman–Crippen LogP) is 4.18. The smallest absolute Gasteiger partial charge is 0.236 e. The molecule has 0 saturated heterocycles. The number of benzene rings is 1. The Morgan fingerprint density at radius 2 is 2.25 bits per heavy atom. The number of carbonyl (C=O) groups excluding carboxylic acids is 1. The second kappa shape index (κ2) is 6.28. The van der Waals surface area contributed by atoms with E-state index in [9.17, 15) is 4.79 Å². The molecule has 0 bridgehead atoms. The summed E-state index contributed by atoms with van der Waals surface area (Å²) in [5.74, 6) is -0.0232. The summed E-state index contributed by atoms with van der Waals surface area (Å²) in [4.78, 5) is 20.1. The van der Waals surface area contributed by atoms with E-state index in [0.717, 1.165) is 31.8 Å². The number of thiazole rings is 1. The zero-order chi connectivity index (χ0) is 16.8. The van der Waals surface area contributed by atoms with Gasteiger partial charge in [0, 0.05) is 28.6 Å². The van der Waals surface area contributed by atoms with Crippen LogP contribution in [0.2, 0.25) is 10.0 Å². The molecule has 0 aliphatic carbocycles. The predicted molar refractivity (Wildman–Crippen MR) is 101 cm³/mol. The molecule has 1 aliphatic rings. The van der Waals surface area contributed by atoms with Crippen molar-refractivity contribution in [2.24, 2.45) is 5.73 Å². The number of carbonyl (C=O) groups is 1. The SMILES string of the molecule is NCC(=O)N1CCc2c(sc3c(Cl)c(Cl)cc(-c4cncs4)c23)C1. The number of halogens is 2. The van der Waals surface area contributed by atoms with Gasteiger partial charge in [-0.3, -0.25) is 9.78 Å². The normalized spacial score (nSPS) is 14.2. The van der Waals surface area contributed by atoms with Crippen LogP contribution in [0.4, 0.5) is 0 Å². The van der Waals surface area contributed by atoms with Gasteiger partial charge in [-0.1, -0.05) is 23.2 Å². The van der Waals surface area contributed by atoms with Crippen molar-refractivity contribution < 1.29 is 4.79 Å². The summed E-state index contributed by atoms with van der Waals surface area (Å²) in [7, 11) is 0. The number of rotatable bonds is 2. The standard InChI is InChI=1S/C16H13Cl2N3OS2/c17-10-3-9(11-5-20-7-23-11)14-8-1-2-21(13(22)4-19)6-12(8)24-16(14)15(10)18/h3,5,7H,1-2,4,6,19H2. The zero-order valence-corrected chi connectivity index (χ0v) is 15.7. The highest BCUT2D eigenvalue weighted by Crippen LogP contribution is 2.47. The first-order valence-electron chi connectivity index (χ1n) is 7.39. The molecule has 4 nitrogen and oxygen atoms in total. The third-order valence-electron chi connectivity index (χ3n) is 4.23. The molecule has 2 N–H and O–H groups in total. The third kappa shape index (κ3) is 2.53. The number of thiophene rings is 1. The molecule has 0 fully saturated rings. The maximum Gasteiger partial charge on any atom is 0.236 e. The zero-order valence-electron chi connectivity index (χ0n) is 12.5. The molecule has 4 rings (SSSR count). The van der Waals surface area contributed by atoms with Crippen molar-refractivity contribution in [1.29, 1.82) is 0 Å². The van der Waals surface area contributed by atoms with E-state index >= 15 is 0 Å². The summed E-state index contributed by atoms with van der Waals surface area (Å²) in [6.45, 7) is 1.30. The molecule has 0 radical (unpaired) electrons. The number of nitrogens with zero attached hydrogens (tertiary/aromatic N) is 2. The molecule has 24 heavy (non-hydrogen) atoms. The summed E-state index contributed by atoms with van der Waals surface area (Å²) in [6, 6.07) is 1.92. The van der Waals surface area contributed by atoms with Crippen molar-refractivity contribution in [2.75, 3.05) is 13.1 Å². The molecule has 1 aromatic carbocycles. The first kappa shape index (κ1) is 16.3. The largest absolute Gasteiger partial charge is 0.336 e. The van der Waals surface area contributed by atoms with Crippen LogP contribution in [0, 0.1) is 0 Å². The van der Waals surface area contributed by atoms with E-state index in [2.05, 4.69) is 4.98 Å². The average Bonchev–Trinajstić information content (AvgIpc) is 3.24. The fourth-order valence-electron chi connectivity index (χ4n) is 3.10. The molecule has 3 heterocycles. The molecular weight excluding hydrogens is 385 g/mol. The van der Waals surface area contributed by atoms with Gasteiger partial charge in [-0.25, -0.2) is 0 Å².